The molecule has 0 spiro atoms. The Balaban J connectivity index is 1.18. The van der Waals surface area contributed by atoms with Crippen LogP contribution < -0.4 is 0 Å². The van der Waals surface area contributed by atoms with Gasteiger partial charge < -0.3 is 9.47 Å². The summed E-state index contributed by atoms with van der Waals surface area (Å²) in [5.41, 5.74) is 2.36. The number of rotatable bonds is 24. The Morgan fingerprint density at radius 1 is 0.551 bits per heavy atom. The molecule has 2 atom stereocenters. The third kappa shape index (κ3) is 12.1. The van der Waals surface area contributed by atoms with E-state index >= 15 is 0 Å². The first kappa shape index (κ1) is 40.0. The van der Waals surface area contributed by atoms with Crippen molar-refractivity contribution in [2.75, 3.05) is 33.1 Å². The Bertz CT molecular complexity index is 1320. The molecule has 2 aromatic carbocycles. The van der Waals surface area contributed by atoms with Crippen LogP contribution in [0.2, 0.25) is 0 Å². The van der Waals surface area contributed by atoms with Crippen LogP contribution >= 0.6 is 0 Å². The lowest BCUT2D eigenvalue weighted by atomic mass is 10.1. The smallest absolute Gasteiger partial charge is 0.243 e. The van der Waals surface area contributed by atoms with E-state index in [2.05, 4.69) is 13.8 Å². The topological polar surface area (TPSA) is 93.2 Å². The number of nitrogens with zero attached hydrogens (tertiary/aromatic N) is 2. The number of ether oxygens (including phenoxy) is 2. The van der Waals surface area contributed by atoms with E-state index in [1.54, 1.807) is 32.9 Å². The number of hydrogen-bond acceptors (Lipinski definition) is 6. The molecule has 0 amide bonds. The van der Waals surface area contributed by atoms with Crippen molar-refractivity contribution >= 4 is 20.0 Å². The van der Waals surface area contributed by atoms with Gasteiger partial charge in [-0.05, 0) is 86.8 Å². The van der Waals surface area contributed by atoms with Crippen LogP contribution in [0.4, 0.5) is 0 Å². The van der Waals surface area contributed by atoms with Crippen LogP contribution in [0, 0.1) is 0 Å². The summed E-state index contributed by atoms with van der Waals surface area (Å²) in [4.78, 5) is 0.662. The third-order valence-electron chi connectivity index (χ3n) is 10.1. The molecular formula is C39H62N2O6S2. The fourth-order valence-electron chi connectivity index (χ4n) is 7.16. The van der Waals surface area contributed by atoms with E-state index in [9.17, 15) is 16.8 Å². The second-order valence-corrected chi connectivity index (χ2v) is 17.8. The summed E-state index contributed by atoms with van der Waals surface area (Å²) < 4.78 is 68.8. The van der Waals surface area contributed by atoms with E-state index in [4.69, 9.17) is 9.47 Å². The average Bonchev–Trinajstić information content (AvgIpc) is 3.79. The number of aryl methyl sites for hydroxylation is 2. The number of benzene rings is 2. The zero-order chi connectivity index (χ0) is 35.0. The lowest BCUT2D eigenvalue weighted by Gasteiger charge is -2.25. The van der Waals surface area contributed by atoms with E-state index in [-0.39, 0.29) is 32.1 Å². The Hall–Kier alpha value is -1.82. The molecule has 10 heteroatoms. The molecule has 2 saturated heterocycles. The summed E-state index contributed by atoms with van der Waals surface area (Å²) in [6, 6.07) is 14.3. The molecular weight excluding hydrogens is 657 g/mol. The third-order valence-corrected chi connectivity index (χ3v) is 14.1. The highest BCUT2D eigenvalue weighted by molar-refractivity contribution is 7.89. The predicted octanol–water partition coefficient (Wildman–Crippen LogP) is 8.49. The van der Waals surface area contributed by atoms with Crippen molar-refractivity contribution in [1.82, 2.24) is 8.61 Å². The summed E-state index contributed by atoms with van der Waals surface area (Å²) in [6.45, 7) is 5.88. The Kier molecular flexibility index (Phi) is 17.0. The molecule has 2 aliphatic rings. The van der Waals surface area contributed by atoms with Gasteiger partial charge in [-0.25, -0.2) is 16.8 Å². The minimum absolute atomic E-state index is 0.00490. The summed E-state index contributed by atoms with van der Waals surface area (Å²) in [7, 11) is -7.24. The molecule has 2 aliphatic heterocycles. The van der Waals surface area contributed by atoms with Crippen LogP contribution in [0.15, 0.2) is 58.3 Å². The summed E-state index contributed by atoms with van der Waals surface area (Å²) in [5, 5.41) is 0. The molecule has 0 unspecified atom stereocenters. The Morgan fingerprint density at radius 2 is 0.918 bits per heavy atom. The maximum Gasteiger partial charge on any atom is 0.243 e. The van der Waals surface area contributed by atoms with Gasteiger partial charge in [0.05, 0.1) is 23.0 Å². The van der Waals surface area contributed by atoms with Crippen molar-refractivity contribution in [3.05, 3.63) is 59.7 Å². The lowest BCUT2D eigenvalue weighted by molar-refractivity contribution is -0.0707. The minimum Gasteiger partial charge on any atom is -0.354 e. The van der Waals surface area contributed by atoms with Crippen molar-refractivity contribution in [1.29, 1.82) is 0 Å². The molecule has 2 aromatic rings. The van der Waals surface area contributed by atoms with E-state index in [0.29, 0.717) is 22.9 Å². The highest BCUT2D eigenvalue weighted by Gasteiger charge is 2.37. The Labute approximate surface area is 298 Å². The van der Waals surface area contributed by atoms with Gasteiger partial charge in [0.1, 0.15) is 6.79 Å². The van der Waals surface area contributed by atoms with Gasteiger partial charge in [0.2, 0.25) is 20.0 Å². The van der Waals surface area contributed by atoms with Gasteiger partial charge in [-0.2, -0.15) is 8.61 Å². The Morgan fingerprint density at radius 3 is 1.31 bits per heavy atom. The quantitative estimate of drug-likeness (QED) is 0.0799. The molecule has 0 radical (unpaired) electrons. The number of sulfonamides is 2. The molecule has 0 aromatic heterocycles. The van der Waals surface area contributed by atoms with Crippen LogP contribution in [-0.4, -0.2) is 70.6 Å². The van der Waals surface area contributed by atoms with E-state index in [1.165, 1.54) is 75.3 Å². The molecule has 276 valence electrons. The van der Waals surface area contributed by atoms with Gasteiger partial charge in [0.25, 0.3) is 0 Å². The maximum atomic E-state index is 13.5. The molecule has 0 saturated carbocycles. The molecule has 2 heterocycles. The highest BCUT2D eigenvalue weighted by Crippen LogP contribution is 2.28. The van der Waals surface area contributed by atoms with E-state index in [0.717, 1.165) is 51.4 Å². The molecule has 49 heavy (non-hydrogen) atoms. The fraction of sp³-hybridized carbons (Fsp3) is 0.692. The van der Waals surface area contributed by atoms with Gasteiger partial charge in [-0.3, -0.25) is 0 Å². The molecule has 2 fully saturated rings. The molecule has 0 bridgehead atoms. The fourth-order valence-corrected chi connectivity index (χ4v) is 10.5. The van der Waals surface area contributed by atoms with Crippen LogP contribution in [0.5, 0.6) is 0 Å². The van der Waals surface area contributed by atoms with Gasteiger partial charge in [0.15, 0.2) is 0 Å². The van der Waals surface area contributed by atoms with E-state index in [1.807, 2.05) is 24.3 Å². The van der Waals surface area contributed by atoms with Crippen LogP contribution in [0.25, 0.3) is 0 Å². The van der Waals surface area contributed by atoms with Gasteiger partial charge in [0, 0.05) is 25.2 Å². The first-order valence-electron chi connectivity index (χ1n) is 19.1. The monoisotopic (exact) mass is 718 g/mol. The average molecular weight is 719 g/mol. The standard InChI is InChI=1S/C39H62N2O6S2/c1-3-5-7-9-11-13-17-34-21-25-38(26-22-34)48(42,43)40-29-15-19-36(40)31-46-33-47-32-37-20-16-30-41(37)49(44,45)39-27-23-35(24-28-39)18-14-12-10-8-6-4-2/h21-28,36-37H,3-20,29-33H2,1-2H3/t36-,37-/m0/s1. The van der Waals surface area contributed by atoms with Crippen molar-refractivity contribution in [3.63, 3.8) is 0 Å². The largest absolute Gasteiger partial charge is 0.354 e. The zero-order valence-electron chi connectivity index (χ0n) is 30.2. The SMILES string of the molecule is CCCCCCCCc1ccc(S(=O)(=O)N2CCC[C@H]2COCOC[C@@H]2CCCN2S(=O)(=O)c2ccc(CCCCCCCC)cc2)cc1. The summed E-state index contributed by atoms with van der Waals surface area (Å²) in [6.07, 6.45) is 19.9. The first-order chi connectivity index (χ1) is 23.8. The van der Waals surface area contributed by atoms with Gasteiger partial charge >= 0.3 is 0 Å². The van der Waals surface area contributed by atoms with Crippen molar-refractivity contribution in [3.8, 4) is 0 Å². The maximum absolute atomic E-state index is 13.5. The van der Waals surface area contributed by atoms with Crippen LogP contribution in [0.1, 0.15) is 128 Å². The summed E-state index contributed by atoms with van der Waals surface area (Å²) >= 11 is 0. The normalized spacial score (nSPS) is 19.2. The molecule has 0 aliphatic carbocycles. The molecule has 0 N–H and O–H groups in total. The number of hydrogen-bond donors (Lipinski definition) is 0. The predicted molar refractivity (Wildman–Crippen MR) is 198 cm³/mol. The second-order valence-electron chi connectivity index (χ2n) is 14.0. The van der Waals surface area contributed by atoms with Crippen LogP contribution in [0.3, 0.4) is 0 Å². The second kappa shape index (κ2) is 20.9. The van der Waals surface area contributed by atoms with Crippen molar-refractivity contribution < 1.29 is 26.3 Å². The minimum atomic E-state index is -3.62. The van der Waals surface area contributed by atoms with Gasteiger partial charge in [-0.1, -0.05) is 102 Å². The molecule has 8 nitrogen and oxygen atoms in total. The lowest BCUT2D eigenvalue weighted by Crippen LogP contribution is -2.39. The summed E-state index contributed by atoms with van der Waals surface area (Å²) in [5.74, 6) is 0. The zero-order valence-corrected chi connectivity index (χ0v) is 31.8. The van der Waals surface area contributed by atoms with Crippen LogP contribution in [-0.2, 0) is 42.4 Å². The van der Waals surface area contributed by atoms with Crippen molar-refractivity contribution in [2.24, 2.45) is 0 Å². The molecule has 4 rings (SSSR count). The van der Waals surface area contributed by atoms with Gasteiger partial charge in [-0.15, -0.1) is 0 Å². The van der Waals surface area contributed by atoms with Crippen molar-refractivity contribution in [2.45, 2.75) is 151 Å². The first-order valence-corrected chi connectivity index (χ1v) is 22.0. The number of unbranched alkanes of at least 4 members (excludes halogenated alkanes) is 10. The highest BCUT2D eigenvalue weighted by atomic mass is 32.2. The van der Waals surface area contributed by atoms with E-state index < -0.39 is 20.0 Å².